The molecule has 1 heterocycles. The zero-order chi connectivity index (χ0) is 8.81. The molecule has 0 spiro atoms. The smallest absolute Gasteiger partial charge is 0.0946 e. The van der Waals surface area contributed by atoms with Crippen LogP contribution in [0.5, 0.6) is 0 Å². The molecule has 0 aromatic carbocycles. The topological polar surface area (TPSA) is 38.0 Å². The van der Waals surface area contributed by atoms with Crippen molar-refractivity contribution in [1.29, 1.82) is 0 Å². The molecule has 0 saturated carbocycles. The highest BCUT2D eigenvalue weighted by Gasteiger charge is 2.03. The summed E-state index contributed by atoms with van der Waals surface area (Å²) >= 11 is 1.75. The fraction of sp³-hybridized carbons (Fsp3) is 0.625. The van der Waals surface area contributed by atoms with Crippen LogP contribution in [0.25, 0.3) is 0 Å². The maximum Gasteiger partial charge on any atom is 0.0946 e. The summed E-state index contributed by atoms with van der Waals surface area (Å²) < 4.78 is 1.89. The average Bonchev–Trinajstić information content (AvgIpc) is 2.53. The first-order valence-electron chi connectivity index (χ1n) is 4.04. The number of aromatic nitrogens is 2. The Labute approximate surface area is 76.8 Å². The van der Waals surface area contributed by atoms with Crippen LogP contribution >= 0.6 is 11.8 Å². The van der Waals surface area contributed by atoms with Crippen LogP contribution < -0.4 is 0 Å². The number of rotatable bonds is 5. The first-order chi connectivity index (χ1) is 5.83. The molecule has 0 amide bonds. The third-order valence-corrected chi connectivity index (χ3v) is 2.52. The van der Waals surface area contributed by atoms with Crippen LogP contribution in [-0.2, 0) is 6.54 Å². The van der Waals surface area contributed by atoms with Crippen molar-refractivity contribution in [2.75, 3.05) is 11.5 Å². The number of thioether (sulfide) groups is 1. The van der Waals surface area contributed by atoms with E-state index in [0.717, 1.165) is 11.5 Å². The van der Waals surface area contributed by atoms with E-state index < -0.39 is 0 Å². The number of hydrogen-bond acceptors (Lipinski definition) is 3. The molecule has 3 nitrogen and oxygen atoms in total. The van der Waals surface area contributed by atoms with Crippen molar-refractivity contribution in [3.8, 4) is 0 Å². The average molecular weight is 186 g/mol. The SMILES string of the molecule is CCSCC(O)Cn1ccnc1. The van der Waals surface area contributed by atoms with Crippen LogP contribution in [0.1, 0.15) is 6.92 Å². The second kappa shape index (κ2) is 5.22. The van der Waals surface area contributed by atoms with Crippen molar-refractivity contribution < 1.29 is 5.11 Å². The molecule has 1 atom stereocenters. The second-order valence-electron chi connectivity index (χ2n) is 2.57. The fourth-order valence-corrected chi connectivity index (χ4v) is 1.56. The molecule has 12 heavy (non-hydrogen) atoms. The third-order valence-electron chi connectivity index (χ3n) is 1.50. The summed E-state index contributed by atoms with van der Waals surface area (Å²) in [6.07, 6.45) is 5.04. The number of imidazole rings is 1. The van der Waals surface area contributed by atoms with Gasteiger partial charge < -0.3 is 9.67 Å². The minimum Gasteiger partial charge on any atom is -0.390 e. The van der Waals surface area contributed by atoms with E-state index in [0.29, 0.717) is 6.54 Å². The van der Waals surface area contributed by atoms with E-state index in [2.05, 4.69) is 11.9 Å². The molecule has 0 fully saturated rings. The molecule has 0 saturated heterocycles. The van der Waals surface area contributed by atoms with Crippen molar-refractivity contribution in [1.82, 2.24) is 9.55 Å². The molecule has 0 aliphatic heterocycles. The van der Waals surface area contributed by atoms with Gasteiger partial charge in [-0.2, -0.15) is 11.8 Å². The van der Waals surface area contributed by atoms with E-state index in [9.17, 15) is 5.11 Å². The van der Waals surface area contributed by atoms with Gasteiger partial charge in [-0.15, -0.1) is 0 Å². The predicted molar refractivity (Wildman–Crippen MR) is 51.2 cm³/mol. The van der Waals surface area contributed by atoms with Gasteiger partial charge in [0.15, 0.2) is 0 Å². The van der Waals surface area contributed by atoms with Crippen LogP contribution in [-0.4, -0.2) is 32.3 Å². The normalized spacial score (nSPS) is 13.2. The zero-order valence-corrected chi connectivity index (χ0v) is 8.00. The largest absolute Gasteiger partial charge is 0.390 e. The van der Waals surface area contributed by atoms with Crippen molar-refractivity contribution in [2.24, 2.45) is 0 Å². The second-order valence-corrected chi connectivity index (χ2v) is 3.89. The first kappa shape index (κ1) is 9.61. The Morgan fingerprint density at radius 1 is 1.67 bits per heavy atom. The highest BCUT2D eigenvalue weighted by molar-refractivity contribution is 7.99. The molecular formula is C8H14N2OS. The summed E-state index contributed by atoms with van der Waals surface area (Å²) in [6, 6.07) is 0. The molecule has 1 rings (SSSR count). The molecule has 0 bridgehead atoms. The van der Waals surface area contributed by atoms with Crippen LogP contribution in [0.4, 0.5) is 0 Å². The van der Waals surface area contributed by atoms with Gasteiger partial charge in [0.25, 0.3) is 0 Å². The van der Waals surface area contributed by atoms with Crippen molar-refractivity contribution >= 4 is 11.8 Å². The molecule has 1 unspecified atom stereocenters. The Hall–Kier alpha value is -0.480. The Balaban J connectivity index is 2.22. The minimum atomic E-state index is -0.260. The summed E-state index contributed by atoms with van der Waals surface area (Å²) in [5, 5.41) is 9.48. The molecule has 1 N–H and O–H groups in total. The summed E-state index contributed by atoms with van der Waals surface area (Å²) in [5.41, 5.74) is 0. The summed E-state index contributed by atoms with van der Waals surface area (Å²) in [7, 11) is 0. The maximum absolute atomic E-state index is 9.48. The molecule has 1 aromatic heterocycles. The molecule has 4 heteroatoms. The van der Waals surface area contributed by atoms with Crippen LogP contribution in [0, 0.1) is 0 Å². The van der Waals surface area contributed by atoms with Gasteiger partial charge in [-0.3, -0.25) is 0 Å². The molecular weight excluding hydrogens is 172 g/mol. The van der Waals surface area contributed by atoms with Crippen molar-refractivity contribution in [2.45, 2.75) is 19.6 Å². The van der Waals surface area contributed by atoms with Gasteiger partial charge in [0.2, 0.25) is 0 Å². The van der Waals surface area contributed by atoms with Gasteiger partial charge in [0.05, 0.1) is 19.0 Å². The minimum absolute atomic E-state index is 0.260. The monoisotopic (exact) mass is 186 g/mol. The quantitative estimate of drug-likeness (QED) is 0.745. The lowest BCUT2D eigenvalue weighted by atomic mass is 10.4. The van der Waals surface area contributed by atoms with Gasteiger partial charge in [0, 0.05) is 18.1 Å². The molecule has 0 radical (unpaired) electrons. The number of aliphatic hydroxyl groups excluding tert-OH is 1. The zero-order valence-electron chi connectivity index (χ0n) is 7.18. The molecule has 0 aliphatic rings. The lowest BCUT2D eigenvalue weighted by Crippen LogP contribution is -2.17. The molecule has 0 aliphatic carbocycles. The summed E-state index contributed by atoms with van der Waals surface area (Å²) in [6.45, 7) is 2.74. The van der Waals surface area contributed by atoms with E-state index in [1.165, 1.54) is 0 Å². The standard InChI is InChI=1S/C8H14N2OS/c1-2-12-6-8(11)5-10-4-3-9-7-10/h3-4,7-8,11H,2,5-6H2,1H3. The predicted octanol–water partition coefficient (Wildman–Crippen LogP) is 0.997. The number of hydrogen-bond donors (Lipinski definition) is 1. The Morgan fingerprint density at radius 2 is 2.50 bits per heavy atom. The first-order valence-corrected chi connectivity index (χ1v) is 5.20. The summed E-state index contributed by atoms with van der Waals surface area (Å²) in [4.78, 5) is 3.90. The number of aliphatic hydroxyl groups is 1. The van der Waals surface area contributed by atoms with E-state index >= 15 is 0 Å². The molecule has 1 aromatic rings. The Morgan fingerprint density at radius 3 is 3.08 bits per heavy atom. The highest BCUT2D eigenvalue weighted by Crippen LogP contribution is 2.03. The van der Waals surface area contributed by atoms with Crippen molar-refractivity contribution in [3.63, 3.8) is 0 Å². The Bertz CT molecular complexity index is 201. The highest BCUT2D eigenvalue weighted by atomic mass is 32.2. The van der Waals surface area contributed by atoms with Gasteiger partial charge >= 0.3 is 0 Å². The lowest BCUT2D eigenvalue weighted by molar-refractivity contribution is 0.178. The summed E-state index contributed by atoms with van der Waals surface area (Å²) in [5.74, 6) is 1.86. The lowest BCUT2D eigenvalue weighted by Gasteiger charge is -2.09. The van der Waals surface area contributed by atoms with Crippen molar-refractivity contribution in [3.05, 3.63) is 18.7 Å². The van der Waals surface area contributed by atoms with Crippen LogP contribution in [0.3, 0.4) is 0 Å². The van der Waals surface area contributed by atoms with E-state index in [1.807, 2.05) is 10.8 Å². The Kier molecular flexibility index (Phi) is 4.18. The van der Waals surface area contributed by atoms with Gasteiger partial charge in [-0.1, -0.05) is 6.92 Å². The molecule has 68 valence electrons. The van der Waals surface area contributed by atoms with Crippen LogP contribution in [0.2, 0.25) is 0 Å². The van der Waals surface area contributed by atoms with Gasteiger partial charge in [-0.05, 0) is 5.75 Å². The van der Waals surface area contributed by atoms with Gasteiger partial charge in [0.1, 0.15) is 0 Å². The van der Waals surface area contributed by atoms with Crippen LogP contribution in [0.15, 0.2) is 18.7 Å². The maximum atomic E-state index is 9.48. The van der Waals surface area contributed by atoms with E-state index in [-0.39, 0.29) is 6.10 Å². The van der Waals surface area contributed by atoms with E-state index in [1.54, 1.807) is 24.3 Å². The van der Waals surface area contributed by atoms with Gasteiger partial charge in [-0.25, -0.2) is 4.98 Å². The van der Waals surface area contributed by atoms with E-state index in [4.69, 9.17) is 0 Å². The fourth-order valence-electron chi connectivity index (χ4n) is 0.945. The third kappa shape index (κ3) is 3.28. The number of nitrogens with zero attached hydrogens (tertiary/aromatic N) is 2.